The summed E-state index contributed by atoms with van der Waals surface area (Å²) in [5.41, 5.74) is 2.96. The van der Waals surface area contributed by atoms with Crippen LogP contribution in [0.3, 0.4) is 0 Å². The van der Waals surface area contributed by atoms with E-state index in [-0.39, 0.29) is 5.56 Å². The lowest BCUT2D eigenvalue weighted by Crippen LogP contribution is -2.30. The molecule has 2 nitrogen and oxygen atoms in total. The third kappa shape index (κ3) is 2.80. The smallest absolute Gasteiger partial charge is 0.163 e. The third-order valence-electron chi connectivity index (χ3n) is 2.73. The second-order valence-electron chi connectivity index (χ2n) is 3.91. The average molecular weight is 331 g/mol. The van der Waals surface area contributed by atoms with E-state index < -0.39 is 23.5 Å². The molecule has 0 bridgehead atoms. The van der Waals surface area contributed by atoms with Crippen molar-refractivity contribution in [2.75, 3.05) is 0 Å². The van der Waals surface area contributed by atoms with Crippen LogP contribution in [-0.2, 0) is 0 Å². The highest BCUT2D eigenvalue weighted by atomic mass is 79.9. The van der Waals surface area contributed by atoms with Gasteiger partial charge in [0.1, 0.15) is 5.82 Å². The molecule has 3 N–H and O–H groups in total. The highest BCUT2D eigenvalue weighted by Crippen LogP contribution is 2.30. The van der Waals surface area contributed by atoms with Gasteiger partial charge < -0.3 is 0 Å². The zero-order valence-electron chi connectivity index (χ0n) is 9.63. The summed E-state index contributed by atoms with van der Waals surface area (Å²) in [7, 11) is 0. The first kappa shape index (κ1) is 14.0. The van der Waals surface area contributed by atoms with Crippen molar-refractivity contribution >= 4 is 15.9 Å². The van der Waals surface area contributed by atoms with Crippen LogP contribution < -0.4 is 11.3 Å². The first-order valence-corrected chi connectivity index (χ1v) is 6.19. The van der Waals surface area contributed by atoms with Gasteiger partial charge in [0.15, 0.2) is 11.6 Å². The summed E-state index contributed by atoms with van der Waals surface area (Å²) >= 11 is 3.18. The van der Waals surface area contributed by atoms with E-state index in [0.29, 0.717) is 10.0 Å². The van der Waals surface area contributed by atoms with Crippen LogP contribution in [0.25, 0.3) is 0 Å². The molecule has 1 atom stereocenters. The largest absolute Gasteiger partial charge is 0.271 e. The Morgan fingerprint density at radius 1 is 1.05 bits per heavy atom. The quantitative estimate of drug-likeness (QED) is 0.668. The minimum atomic E-state index is -0.985. The summed E-state index contributed by atoms with van der Waals surface area (Å²) in [6.45, 7) is 0. The zero-order chi connectivity index (χ0) is 14.0. The molecule has 2 aromatic carbocycles. The fourth-order valence-electron chi connectivity index (χ4n) is 1.83. The Morgan fingerprint density at radius 2 is 1.79 bits per heavy atom. The highest BCUT2D eigenvalue weighted by Gasteiger charge is 2.21. The molecule has 0 aliphatic rings. The topological polar surface area (TPSA) is 38.0 Å². The van der Waals surface area contributed by atoms with Crippen molar-refractivity contribution in [3.63, 3.8) is 0 Å². The van der Waals surface area contributed by atoms with Gasteiger partial charge in [0.2, 0.25) is 0 Å². The highest BCUT2D eigenvalue weighted by molar-refractivity contribution is 9.10. The molecule has 0 spiro atoms. The van der Waals surface area contributed by atoms with E-state index >= 15 is 0 Å². The molecule has 0 aromatic heterocycles. The second-order valence-corrected chi connectivity index (χ2v) is 4.76. The molecule has 6 heteroatoms. The molecule has 1 unspecified atom stereocenters. The van der Waals surface area contributed by atoms with Gasteiger partial charge in [-0.15, -0.1) is 0 Å². The molecular formula is C13H10BrF3N2. The van der Waals surface area contributed by atoms with E-state index in [1.54, 1.807) is 0 Å². The summed E-state index contributed by atoms with van der Waals surface area (Å²) in [5.74, 6) is 3.02. The fourth-order valence-corrected chi connectivity index (χ4v) is 2.41. The molecular weight excluding hydrogens is 321 g/mol. The minimum Gasteiger partial charge on any atom is -0.271 e. The maximum Gasteiger partial charge on any atom is 0.163 e. The predicted octanol–water partition coefficient (Wildman–Crippen LogP) is 3.42. The lowest BCUT2D eigenvalue weighted by atomic mass is 9.98. The number of hydrogen-bond acceptors (Lipinski definition) is 2. The molecule has 2 aromatic rings. The van der Waals surface area contributed by atoms with Gasteiger partial charge in [-0.2, -0.15) is 0 Å². The van der Waals surface area contributed by atoms with Crippen molar-refractivity contribution in [2.24, 2.45) is 5.84 Å². The van der Waals surface area contributed by atoms with Crippen molar-refractivity contribution in [3.05, 3.63) is 69.4 Å². The zero-order valence-corrected chi connectivity index (χ0v) is 11.2. The number of nitrogens with two attached hydrogens (primary N) is 1. The molecule has 19 heavy (non-hydrogen) atoms. The Morgan fingerprint density at radius 3 is 2.42 bits per heavy atom. The molecule has 0 fully saturated rings. The van der Waals surface area contributed by atoms with E-state index in [4.69, 9.17) is 5.84 Å². The summed E-state index contributed by atoms with van der Waals surface area (Å²) in [6.07, 6.45) is 0. The normalized spacial score (nSPS) is 12.5. The molecule has 0 saturated heterocycles. The summed E-state index contributed by atoms with van der Waals surface area (Å²) in [4.78, 5) is 0. The van der Waals surface area contributed by atoms with Crippen LogP contribution in [0.5, 0.6) is 0 Å². The number of hydrazine groups is 1. The van der Waals surface area contributed by atoms with Gasteiger partial charge in [-0.05, 0) is 23.8 Å². The van der Waals surface area contributed by atoms with Crippen LogP contribution in [-0.4, -0.2) is 0 Å². The van der Waals surface area contributed by atoms with Crippen LogP contribution in [0.15, 0.2) is 40.9 Å². The van der Waals surface area contributed by atoms with Crippen LogP contribution in [0.4, 0.5) is 13.2 Å². The fraction of sp³-hybridized carbons (Fsp3) is 0.0769. The molecule has 0 heterocycles. The van der Waals surface area contributed by atoms with Crippen LogP contribution >= 0.6 is 15.9 Å². The molecule has 2 rings (SSSR count). The summed E-state index contributed by atoms with van der Waals surface area (Å²) in [5, 5.41) is 0. The molecule has 0 amide bonds. The van der Waals surface area contributed by atoms with Gasteiger partial charge >= 0.3 is 0 Å². The van der Waals surface area contributed by atoms with Crippen molar-refractivity contribution in [1.29, 1.82) is 0 Å². The Balaban J connectivity index is 2.53. The number of nitrogens with one attached hydrogen (secondary N) is 1. The van der Waals surface area contributed by atoms with Gasteiger partial charge in [0, 0.05) is 10.0 Å². The van der Waals surface area contributed by atoms with E-state index in [0.717, 1.165) is 6.07 Å². The van der Waals surface area contributed by atoms with Crippen molar-refractivity contribution in [1.82, 2.24) is 5.43 Å². The molecule has 0 radical (unpaired) electrons. The minimum absolute atomic E-state index is 0.0507. The van der Waals surface area contributed by atoms with Gasteiger partial charge in [-0.3, -0.25) is 5.84 Å². The van der Waals surface area contributed by atoms with Crippen LogP contribution in [0.1, 0.15) is 17.2 Å². The Bertz CT molecular complexity index is 604. The monoisotopic (exact) mass is 330 g/mol. The first-order valence-electron chi connectivity index (χ1n) is 5.39. The van der Waals surface area contributed by atoms with E-state index in [9.17, 15) is 13.2 Å². The molecule has 0 saturated carbocycles. The summed E-state index contributed by atoms with van der Waals surface area (Å²) < 4.78 is 40.5. The molecule has 0 aliphatic heterocycles. The third-order valence-corrected chi connectivity index (χ3v) is 3.42. The molecule has 100 valence electrons. The van der Waals surface area contributed by atoms with E-state index in [1.165, 1.54) is 30.3 Å². The lowest BCUT2D eigenvalue weighted by Gasteiger charge is -2.19. The Kier molecular flexibility index (Phi) is 4.24. The SMILES string of the molecule is NNC(c1ccc(F)cc1Br)c1cccc(F)c1F. The standard InChI is InChI=1S/C13H10BrF3N2/c14-10-6-7(15)4-5-8(10)13(19-18)9-2-1-3-11(16)12(9)17/h1-6,13,19H,18H2. The Hall–Kier alpha value is -1.37. The average Bonchev–Trinajstić information content (AvgIpc) is 2.37. The number of rotatable bonds is 3. The van der Waals surface area contributed by atoms with Crippen LogP contribution in [0, 0.1) is 17.5 Å². The Labute approximate surface area is 116 Å². The maximum absolute atomic E-state index is 13.8. The van der Waals surface area contributed by atoms with Crippen molar-refractivity contribution < 1.29 is 13.2 Å². The first-order chi connectivity index (χ1) is 9.04. The number of halogens is 4. The maximum atomic E-state index is 13.8. The van der Waals surface area contributed by atoms with Gasteiger partial charge in [0.05, 0.1) is 6.04 Å². The van der Waals surface area contributed by atoms with Crippen molar-refractivity contribution in [2.45, 2.75) is 6.04 Å². The summed E-state index contributed by atoms with van der Waals surface area (Å²) in [6, 6.07) is 6.94. The van der Waals surface area contributed by atoms with Crippen molar-refractivity contribution in [3.8, 4) is 0 Å². The van der Waals surface area contributed by atoms with Gasteiger partial charge in [0.25, 0.3) is 0 Å². The van der Waals surface area contributed by atoms with E-state index in [1.807, 2.05) is 0 Å². The molecule has 0 aliphatic carbocycles. The lowest BCUT2D eigenvalue weighted by molar-refractivity contribution is 0.482. The second kappa shape index (κ2) is 5.73. The van der Waals surface area contributed by atoms with Crippen LogP contribution in [0.2, 0.25) is 0 Å². The number of benzene rings is 2. The van der Waals surface area contributed by atoms with Gasteiger partial charge in [-0.1, -0.05) is 34.1 Å². The predicted molar refractivity (Wildman–Crippen MR) is 69.6 cm³/mol. The van der Waals surface area contributed by atoms with Gasteiger partial charge in [-0.25, -0.2) is 18.6 Å². The van der Waals surface area contributed by atoms with E-state index in [2.05, 4.69) is 21.4 Å². The number of hydrogen-bond donors (Lipinski definition) is 2.